The first-order chi connectivity index (χ1) is 14.2. The van der Waals surface area contributed by atoms with Gasteiger partial charge in [-0.25, -0.2) is 0 Å². The predicted molar refractivity (Wildman–Crippen MR) is 111 cm³/mol. The summed E-state index contributed by atoms with van der Waals surface area (Å²) in [5.74, 6) is 1.34. The van der Waals surface area contributed by atoms with Crippen LogP contribution in [0.1, 0.15) is 30.1 Å². The summed E-state index contributed by atoms with van der Waals surface area (Å²) in [6.45, 7) is 4.17. The van der Waals surface area contributed by atoms with Crippen molar-refractivity contribution in [1.82, 2.24) is 5.32 Å². The normalized spacial score (nSPS) is 17.2. The second-order valence-electron chi connectivity index (χ2n) is 7.08. The molecule has 29 heavy (non-hydrogen) atoms. The zero-order valence-electron chi connectivity index (χ0n) is 16.4. The number of hydrogen-bond acceptors (Lipinski definition) is 5. The maximum atomic E-state index is 12.5. The minimum atomic E-state index is -0.194. The summed E-state index contributed by atoms with van der Waals surface area (Å²) in [4.78, 5) is 26.8. The third-order valence-electron chi connectivity index (χ3n) is 5.17. The number of benzene rings is 2. The van der Waals surface area contributed by atoms with Crippen LogP contribution in [0.4, 0.5) is 11.4 Å². The Bertz CT molecular complexity index is 897. The fourth-order valence-corrected chi connectivity index (χ4v) is 3.81. The smallest absolute Gasteiger partial charge is 0.251 e. The number of nitrogens with zero attached hydrogens (tertiary/aromatic N) is 1. The maximum Gasteiger partial charge on any atom is 0.251 e. The van der Waals surface area contributed by atoms with Gasteiger partial charge in [0.1, 0.15) is 24.1 Å². The van der Waals surface area contributed by atoms with Crippen LogP contribution in [0.15, 0.2) is 42.5 Å². The van der Waals surface area contributed by atoms with Gasteiger partial charge in [0, 0.05) is 12.1 Å². The highest BCUT2D eigenvalue weighted by Crippen LogP contribution is 2.37. The Labute approximate surface area is 170 Å². The van der Waals surface area contributed by atoms with E-state index < -0.39 is 0 Å². The zero-order chi connectivity index (χ0) is 20.2. The largest absolute Gasteiger partial charge is 0.494 e. The lowest BCUT2D eigenvalue weighted by Gasteiger charge is -2.33. The minimum Gasteiger partial charge on any atom is -0.494 e. The van der Waals surface area contributed by atoms with E-state index in [1.807, 2.05) is 37.3 Å². The number of nitrogens with one attached hydrogen (secondary N) is 2. The summed E-state index contributed by atoms with van der Waals surface area (Å²) in [7, 11) is 0. The third kappa shape index (κ3) is 4.13. The molecule has 0 bridgehead atoms. The van der Waals surface area contributed by atoms with Gasteiger partial charge in [0.15, 0.2) is 0 Å². The molecule has 7 heteroatoms. The van der Waals surface area contributed by atoms with Crippen LogP contribution in [0.5, 0.6) is 11.5 Å². The summed E-state index contributed by atoms with van der Waals surface area (Å²) in [5, 5.41) is 5.78. The average molecular weight is 395 g/mol. The van der Waals surface area contributed by atoms with E-state index in [4.69, 9.17) is 9.47 Å². The van der Waals surface area contributed by atoms with Crippen LogP contribution in [0.2, 0.25) is 0 Å². The molecule has 2 aromatic carbocycles. The molecule has 1 fully saturated rings. The molecule has 0 radical (unpaired) electrons. The van der Waals surface area contributed by atoms with Crippen molar-refractivity contribution in [1.29, 1.82) is 0 Å². The van der Waals surface area contributed by atoms with Crippen LogP contribution >= 0.6 is 0 Å². The van der Waals surface area contributed by atoms with Gasteiger partial charge in [-0.15, -0.1) is 0 Å². The quantitative estimate of drug-likeness (QED) is 0.705. The maximum absolute atomic E-state index is 12.5. The van der Waals surface area contributed by atoms with Crippen molar-refractivity contribution < 1.29 is 19.1 Å². The van der Waals surface area contributed by atoms with Gasteiger partial charge < -0.3 is 25.0 Å². The lowest BCUT2D eigenvalue weighted by atomic mass is 10.1. The van der Waals surface area contributed by atoms with E-state index in [0.717, 1.165) is 36.6 Å². The molecule has 152 valence electrons. The Kier molecular flexibility index (Phi) is 5.55. The van der Waals surface area contributed by atoms with Gasteiger partial charge in [0.05, 0.1) is 24.5 Å². The lowest BCUT2D eigenvalue weighted by molar-refractivity contribution is -0.117. The highest BCUT2D eigenvalue weighted by Gasteiger charge is 2.36. The first-order valence-corrected chi connectivity index (χ1v) is 10.0. The summed E-state index contributed by atoms with van der Waals surface area (Å²) in [5.41, 5.74) is 2.21. The number of hydrogen-bond donors (Lipinski definition) is 2. The Morgan fingerprint density at radius 3 is 2.69 bits per heavy atom. The zero-order valence-corrected chi connectivity index (χ0v) is 16.4. The number of anilines is 2. The van der Waals surface area contributed by atoms with E-state index in [1.54, 1.807) is 12.1 Å². The van der Waals surface area contributed by atoms with Crippen molar-refractivity contribution in [2.24, 2.45) is 0 Å². The first kappa shape index (κ1) is 19.1. The van der Waals surface area contributed by atoms with Gasteiger partial charge in [0.25, 0.3) is 5.91 Å². The van der Waals surface area contributed by atoms with Crippen LogP contribution in [-0.4, -0.2) is 44.2 Å². The number of carbonyl (C=O) groups is 2. The summed E-state index contributed by atoms with van der Waals surface area (Å²) in [6, 6.07) is 12.8. The van der Waals surface area contributed by atoms with E-state index in [9.17, 15) is 9.59 Å². The monoisotopic (exact) mass is 395 g/mol. The van der Waals surface area contributed by atoms with Crippen LogP contribution in [0.3, 0.4) is 0 Å². The fourth-order valence-electron chi connectivity index (χ4n) is 3.81. The van der Waals surface area contributed by atoms with Crippen LogP contribution in [0.25, 0.3) is 0 Å². The van der Waals surface area contributed by atoms with Crippen LogP contribution in [-0.2, 0) is 4.79 Å². The van der Waals surface area contributed by atoms with E-state index in [0.29, 0.717) is 31.0 Å². The molecule has 0 aliphatic carbocycles. The van der Waals surface area contributed by atoms with E-state index >= 15 is 0 Å². The Hall–Kier alpha value is -3.22. The molecule has 0 aromatic heterocycles. The molecule has 1 saturated heterocycles. The fraction of sp³-hybridized carbons (Fsp3) is 0.364. The molecule has 4 rings (SSSR count). The number of ether oxygens (including phenoxy) is 2. The van der Waals surface area contributed by atoms with Crippen molar-refractivity contribution >= 4 is 23.2 Å². The lowest BCUT2D eigenvalue weighted by Crippen LogP contribution is -2.44. The molecule has 2 N–H and O–H groups in total. The van der Waals surface area contributed by atoms with Crippen LogP contribution < -0.4 is 25.0 Å². The van der Waals surface area contributed by atoms with Gasteiger partial charge in [0.2, 0.25) is 5.91 Å². The molecule has 0 spiro atoms. The van der Waals surface area contributed by atoms with E-state index in [-0.39, 0.29) is 17.9 Å². The summed E-state index contributed by atoms with van der Waals surface area (Å²) < 4.78 is 11.0. The molecule has 2 aromatic rings. The molecule has 7 nitrogen and oxygen atoms in total. The molecule has 2 amide bonds. The van der Waals surface area contributed by atoms with Gasteiger partial charge in [-0.1, -0.05) is 0 Å². The molecule has 2 aliphatic heterocycles. The Morgan fingerprint density at radius 2 is 1.93 bits per heavy atom. The number of fused-ring (bicyclic) bond motifs is 3. The standard InChI is InChI=1S/C22H25N3O4/c1-2-28-16-6-8-17(9-7-16)29-13-11-23-21(26)15-5-10-19-18(14-15)24-22(27)20-4-3-12-25(19)20/h5-10,14,20H,2-4,11-13H2,1H3,(H,23,26)(H,24,27)/t20-/m0/s1. The van der Waals surface area contributed by atoms with E-state index in [1.165, 1.54) is 0 Å². The number of carbonyl (C=O) groups excluding carboxylic acids is 2. The second kappa shape index (κ2) is 8.43. The molecule has 2 aliphatic rings. The Morgan fingerprint density at radius 1 is 1.17 bits per heavy atom. The van der Waals surface area contributed by atoms with Crippen molar-refractivity contribution in [2.75, 3.05) is 36.5 Å². The highest BCUT2D eigenvalue weighted by atomic mass is 16.5. The van der Waals surface area contributed by atoms with Crippen molar-refractivity contribution in [2.45, 2.75) is 25.8 Å². The average Bonchev–Trinajstić information content (AvgIpc) is 3.23. The van der Waals surface area contributed by atoms with Gasteiger partial charge in [-0.3, -0.25) is 9.59 Å². The summed E-state index contributed by atoms with van der Waals surface area (Å²) in [6.07, 6.45) is 1.88. The molecular formula is C22H25N3O4. The van der Waals surface area contributed by atoms with Gasteiger partial charge >= 0.3 is 0 Å². The van der Waals surface area contributed by atoms with Gasteiger partial charge in [-0.2, -0.15) is 0 Å². The SMILES string of the molecule is CCOc1ccc(OCCNC(=O)c2ccc3c(c2)NC(=O)[C@@H]2CCCN32)cc1. The first-order valence-electron chi connectivity index (χ1n) is 10.0. The van der Waals surface area contributed by atoms with Gasteiger partial charge in [-0.05, 0) is 62.2 Å². The predicted octanol–water partition coefficient (Wildman–Crippen LogP) is 2.82. The molecule has 0 saturated carbocycles. The number of rotatable bonds is 7. The molecule has 2 heterocycles. The number of amides is 2. The summed E-state index contributed by atoms with van der Waals surface area (Å²) >= 11 is 0. The van der Waals surface area contributed by atoms with Crippen molar-refractivity contribution in [3.05, 3.63) is 48.0 Å². The van der Waals surface area contributed by atoms with Crippen molar-refractivity contribution in [3.8, 4) is 11.5 Å². The Balaban J connectivity index is 1.30. The topological polar surface area (TPSA) is 79.9 Å². The highest BCUT2D eigenvalue weighted by molar-refractivity contribution is 6.06. The molecule has 1 atom stereocenters. The van der Waals surface area contributed by atoms with Crippen LogP contribution in [0, 0.1) is 0 Å². The third-order valence-corrected chi connectivity index (χ3v) is 5.17. The molecule has 0 unspecified atom stereocenters. The van der Waals surface area contributed by atoms with Crippen molar-refractivity contribution in [3.63, 3.8) is 0 Å². The molecular weight excluding hydrogens is 370 g/mol. The van der Waals surface area contributed by atoms with E-state index in [2.05, 4.69) is 15.5 Å². The minimum absolute atomic E-state index is 0.0105. The second-order valence-corrected chi connectivity index (χ2v) is 7.08.